The van der Waals surface area contributed by atoms with E-state index in [1.807, 2.05) is 0 Å². The van der Waals surface area contributed by atoms with Gasteiger partial charge in [-0.3, -0.25) is 9.98 Å². The van der Waals surface area contributed by atoms with Crippen LogP contribution in [0, 0.1) is 0 Å². The Morgan fingerprint density at radius 2 is 0.977 bits per heavy atom. The minimum Gasteiger partial charge on any atom is -0.369 e. The van der Waals surface area contributed by atoms with E-state index in [1.165, 1.54) is 0 Å². The third kappa shape index (κ3) is 21.2. The quantitative estimate of drug-likeness (QED) is 0.0706. The Bertz CT molecular complexity index is 1260. The number of aliphatic imine (C=N–C) groups is 4. The fourth-order valence-corrected chi connectivity index (χ4v) is 4.20. The molecule has 0 aromatic heterocycles. The Morgan fingerprint density at radius 3 is 1.26 bits per heavy atom. The molecule has 0 aliphatic carbocycles. The third-order valence-electron chi connectivity index (χ3n) is 4.53. The molecule has 0 atom stereocenters. The lowest BCUT2D eigenvalue weighted by molar-refractivity contribution is 0.225. The zero-order valence-electron chi connectivity index (χ0n) is 22.6. The second-order valence-corrected chi connectivity index (χ2v) is 11.7. The van der Waals surface area contributed by atoms with Crippen LogP contribution in [0.25, 0.3) is 0 Å². The summed E-state index contributed by atoms with van der Waals surface area (Å²) in [6.45, 7) is 1.12. The monoisotopic (exact) mass is 682 g/mol. The van der Waals surface area contributed by atoms with Crippen LogP contribution in [0.3, 0.4) is 0 Å². The molecule has 21 heteroatoms. The van der Waals surface area contributed by atoms with Crippen LogP contribution in [0.2, 0.25) is 10.0 Å². The number of benzene rings is 2. The Morgan fingerprint density at radius 1 is 0.651 bits per heavy atom. The molecule has 0 radical (unpaired) electrons. The Balaban J connectivity index is 0.000000887. The second-order valence-electron chi connectivity index (χ2n) is 8.21. The van der Waals surface area contributed by atoms with E-state index in [4.69, 9.17) is 65.7 Å². The van der Waals surface area contributed by atoms with Crippen molar-refractivity contribution in [1.29, 1.82) is 0 Å². The predicted octanol–water partition coefficient (Wildman–Crippen LogP) is 2.53. The molecule has 0 saturated carbocycles. The predicted molar refractivity (Wildman–Crippen MR) is 170 cm³/mol. The maximum atomic E-state index is 9.63. The summed E-state index contributed by atoms with van der Waals surface area (Å²) in [5.41, 5.74) is 24.8. The van der Waals surface area contributed by atoms with Gasteiger partial charge in [-0.25, -0.2) is 9.13 Å². The lowest BCUT2D eigenvalue weighted by Crippen LogP contribution is -2.26. The highest BCUT2D eigenvalue weighted by atomic mass is 35.5. The highest BCUT2D eigenvalue weighted by molar-refractivity contribution is 7.60. The second kappa shape index (κ2) is 19.1. The van der Waals surface area contributed by atoms with Crippen LogP contribution in [-0.2, 0) is 13.4 Å². The number of guanidine groups is 4. The molecule has 2 rings (SSSR count). The van der Waals surface area contributed by atoms with E-state index in [1.54, 1.807) is 48.5 Å². The number of halogens is 2. The number of nitrogens with zero attached hydrogens (tertiary/aromatic N) is 4. The molecule has 0 unspecified atom stereocenters. The molecule has 0 amide bonds. The van der Waals surface area contributed by atoms with Crippen molar-refractivity contribution < 1.29 is 33.0 Å². The molecular formula is C22H34Cl2N10O7P2. The van der Waals surface area contributed by atoms with Crippen molar-refractivity contribution in [3.8, 4) is 0 Å². The summed E-state index contributed by atoms with van der Waals surface area (Å²) in [5.74, 6) is 0.564. The molecule has 43 heavy (non-hydrogen) atoms. The van der Waals surface area contributed by atoms with Gasteiger partial charge in [0.25, 0.3) is 0 Å². The number of anilines is 2. The number of unbranched alkanes of at least 4 members (excludes halogenated alkanes) is 3. The maximum Gasteiger partial charge on any atom is 0.478 e. The van der Waals surface area contributed by atoms with Gasteiger partial charge in [-0.2, -0.15) is 14.3 Å². The average molecular weight is 683 g/mol. The molecule has 0 spiro atoms. The van der Waals surface area contributed by atoms with Crippen LogP contribution in [0.4, 0.5) is 11.4 Å². The minimum atomic E-state index is -5.05. The number of hydrogen-bond donors (Lipinski definition) is 10. The smallest absolute Gasteiger partial charge is 0.369 e. The molecule has 0 fully saturated rings. The van der Waals surface area contributed by atoms with E-state index in [2.05, 4.69) is 34.9 Å². The largest absolute Gasteiger partial charge is 0.478 e. The number of nitrogens with one attached hydrogen (secondary N) is 2. The summed E-state index contributed by atoms with van der Waals surface area (Å²) >= 11 is 11.7. The molecule has 238 valence electrons. The van der Waals surface area contributed by atoms with Gasteiger partial charge < -0.3 is 53.1 Å². The molecule has 0 bridgehead atoms. The zero-order chi connectivity index (χ0) is 32.5. The van der Waals surface area contributed by atoms with Crippen molar-refractivity contribution in [2.45, 2.75) is 25.7 Å². The van der Waals surface area contributed by atoms with Gasteiger partial charge in [0.15, 0.2) is 0 Å². The first-order valence-corrected chi connectivity index (χ1v) is 16.0. The van der Waals surface area contributed by atoms with Gasteiger partial charge in [-0.15, -0.1) is 0 Å². The van der Waals surface area contributed by atoms with E-state index in [-0.39, 0.29) is 23.8 Å². The summed E-state index contributed by atoms with van der Waals surface area (Å²) in [7, 11) is -10.1. The third-order valence-corrected chi connectivity index (χ3v) is 6.74. The van der Waals surface area contributed by atoms with Crippen LogP contribution in [-0.4, -0.2) is 56.5 Å². The Labute approximate surface area is 257 Å². The summed E-state index contributed by atoms with van der Waals surface area (Å²) in [6.07, 6.45) is 3.68. The molecule has 0 saturated heterocycles. The Kier molecular flexibility index (Phi) is 16.8. The molecule has 2 aromatic rings. The number of rotatable bonds is 11. The number of nitrogens with two attached hydrogens (primary N) is 4. The molecule has 0 aliphatic heterocycles. The fourth-order valence-electron chi connectivity index (χ4n) is 2.84. The average Bonchev–Trinajstić information content (AvgIpc) is 2.86. The fraction of sp³-hybridized carbons (Fsp3) is 0.273. The first kappa shape index (κ1) is 37.8. The van der Waals surface area contributed by atoms with Crippen LogP contribution in [0.5, 0.6) is 0 Å². The van der Waals surface area contributed by atoms with Crippen molar-refractivity contribution in [3.05, 3.63) is 58.6 Å². The first-order chi connectivity index (χ1) is 20.0. The van der Waals surface area contributed by atoms with Gasteiger partial charge in [0, 0.05) is 34.5 Å². The van der Waals surface area contributed by atoms with E-state index in [0.29, 0.717) is 23.1 Å². The van der Waals surface area contributed by atoms with Gasteiger partial charge in [0.05, 0.1) is 0 Å². The van der Waals surface area contributed by atoms with Crippen molar-refractivity contribution in [2.75, 3.05) is 23.7 Å². The standard InChI is InChI=1S/C22H30Cl2N10.H4O7P2/c23-15-5-9-17(10-6-15)31-21(27)33-19(25)29-13-3-1-2-4-14-30-20(26)34-22(28)32-18-11-7-16(24)8-12-18;1-8(2,3)7-9(4,5)6/h5-12H,1-4,13-14H2,(H5,25,27,29,31,33)(H5,26,28,30,32,34);(H2,1,2,3)(H2,4,5,6). The van der Waals surface area contributed by atoms with Gasteiger partial charge in [-0.05, 0) is 61.4 Å². The highest BCUT2D eigenvalue weighted by Gasteiger charge is 2.27. The number of phosphoric acid groups is 2. The summed E-state index contributed by atoms with van der Waals surface area (Å²) < 4.78 is 22.2. The van der Waals surface area contributed by atoms with E-state index in [0.717, 1.165) is 37.1 Å². The van der Waals surface area contributed by atoms with Crippen molar-refractivity contribution in [3.63, 3.8) is 0 Å². The topological polar surface area (TPSA) is 302 Å². The molecule has 0 heterocycles. The summed E-state index contributed by atoms with van der Waals surface area (Å²) in [4.78, 5) is 47.5. The molecule has 14 N–H and O–H groups in total. The van der Waals surface area contributed by atoms with E-state index in [9.17, 15) is 9.13 Å². The van der Waals surface area contributed by atoms with E-state index < -0.39 is 15.6 Å². The van der Waals surface area contributed by atoms with Crippen LogP contribution < -0.4 is 33.6 Å². The van der Waals surface area contributed by atoms with Gasteiger partial charge in [-0.1, -0.05) is 36.0 Å². The summed E-state index contributed by atoms with van der Waals surface area (Å²) in [6, 6.07) is 14.1. The van der Waals surface area contributed by atoms with Gasteiger partial charge >= 0.3 is 15.6 Å². The molecule has 2 aromatic carbocycles. The molecule has 0 aliphatic rings. The molecule has 17 nitrogen and oxygen atoms in total. The minimum absolute atomic E-state index is 0.124. The van der Waals surface area contributed by atoms with Crippen LogP contribution in [0.1, 0.15) is 25.7 Å². The highest BCUT2D eigenvalue weighted by Crippen LogP contribution is 2.53. The van der Waals surface area contributed by atoms with Crippen LogP contribution >= 0.6 is 38.8 Å². The van der Waals surface area contributed by atoms with E-state index >= 15 is 0 Å². The maximum absolute atomic E-state index is 9.63. The number of hydrogen-bond acceptors (Lipinski definition) is 5. The van der Waals surface area contributed by atoms with Crippen molar-refractivity contribution in [2.24, 2.45) is 42.9 Å². The van der Waals surface area contributed by atoms with Gasteiger partial charge in [0.2, 0.25) is 23.8 Å². The lowest BCUT2D eigenvalue weighted by atomic mass is 10.2. The van der Waals surface area contributed by atoms with Gasteiger partial charge in [0.1, 0.15) is 0 Å². The molecular weight excluding hydrogens is 649 g/mol. The Hall–Kier alpha value is -3.24. The first-order valence-electron chi connectivity index (χ1n) is 12.2. The normalized spacial score (nSPS) is 13.3. The summed E-state index contributed by atoms with van der Waals surface area (Å²) in [5, 5.41) is 7.11. The zero-order valence-corrected chi connectivity index (χ0v) is 25.9. The van der Waals surface area contributed by atoms with Crippen molar-refractivity contribution in [1.82, 2.24) is 0 Å². The van der Waals surface area contributed by atoms with Crippen LogP contribution in [0.15, 0.2) is 68.5 Å². The lowest BCUT2D eigenvalue weighted by Gasteiger charge is -2.05. The van der Waals surface area contributed by atoms with Crippen molar-refractivity contribution >= 4 is 74.1 Å². The SMILES string of the molecule is NC(=NCCCCCCN=C(N)N=C(N)Nc1ccc(Cl)cc1)N=C(N)Nc1ccc(Cl)cc1.O=P(O)(O)OP(=O)(O)O.